The molecule has 0 unspecified atom stereocenters. The van der Waals surface area contributed by atoms with E-state index in [-0.39, 0.29) is 17.4 Å². The Kier molecular flexibility index (Phi) is 4.30. The molecule has 7 heteroatoms. The lowest BCUT2D eigenvalue weighted by molar-refractivity contribution is -0.131. The molecule has 0 N–H and O–H groups in total. The van der Waals surface area contributed by atoms with E-state index in [9.17, 15) is 9.18 Å². The normalized spacial score (nSPS) is 22.2. The maximum absolute atomic E-state index is 13.1. The molecule has 0 bridgehead atoms. The van der Waals surface area contributed by atoms with Gasteiger partial charge in [0.1, 0.15) is 0 Å². The fourth-order valence-corrected chi connectivity index (χ4v) is 4.59. The highest BCUT2D eigenvalue weighted by Crippen LogP contribution is 2.48. The lowest BCUT2D eigenvalue weighted by atomic mass is 9.74. The van der Waals surface area contributed by atoms with Crippen molar-refractivity contribution in [2.45, 2.75) is 37.6 Å². The van der Waals surface area contributed by atoms with Crippen molar-refractivity contribution < 1.29 is 9.18 Å². The molecule has 136 valence electrons. The Balaban J connectivity index is 1.61. The SMILES string of the molecule is CCN1C(=O)C[C@@H](c2cccnc2)C12CCN(c1ncc(F)cn1)CC2. The Hall–Kier alpha value is -2.57. The van der Waals surface area contributed by atoms with E-state index in [0.29, 0.717) is 18.9 Å². The number of piperidine rings is 1. The molecule has 2 saturated heterocycles. The molecule has 2 fully saturated rings. The maximum Gasteiger partial charge on any atom is 0.225 e. The Morgan fingerprint density at radius 2 is 1.96 bits per heavy atom. The molecule has 2 aliphatic heterocycles. The zero-order valence-electron chi connectivity index (χ0n) is 14.8. The van der Waals surface area contributed by atoms with Crippen LogP contribution in [0.2, 0.25) is 0 Å². The van der Waals surface area contributed by atoms with Crippen LogP contribution in [-0.2, 0) is 4.79 Å². The van der Waals surface area contributed by atoms with Crippen LogP contribution in [-0.4, -0.2) is 50.9 Å². The summed E-state index contributed by atoms with van der Waals surface area (Å²) in [7, 11) is 0. The number of halogens is 1. The third kappa shape index (κ3) is 2.71. The molecule has 26 heavy (non-hydrogen) atoms. The summed E-state index contributed by atoms with van der Waals surface area (Å²) in [5.74, 6) is 0.483. The minimum atomic E-state index is -0.433. The number of nitrogens with zero attached hydrogens (tertiary/aromatic N) is 5. The topological polar surface area (TPSA) is 62.2 Å². The quantitative estimate of drug-likeness (QED) is 0.846. The lowest BCUT2D eigenvalue weighted by Crippen LogP contribution is -2.55. The summed E-state index contributed by atoms with van der Waals surface area (Å²) < 4.78 is 13.1. The summed E-state index contributed by atoms with van der Waals surface area (Å²) in [5.41, 5.74) is 0.939. The van der Waals surface area contributed by atoms with Crippen molar-refractivity contribution in [2.24, 2.45) is 0 Å². The van der Waals surface area contributed by atoms with Crippen molar-refractivity contribution in [3.63, 3.8) is 0 Å². The number of hydrogen-bond acceptors (Lipinski definition) is 5. The second-order valence-corrected chi connectivity index (χ2v) is 6.97. The molecule has 4 rings (SSSR count). The van der Waals surface area contributed by atoms with Crippen LogP contribution in [0.4, 0.5) is 10.3 Å². The fourth-order valence-electron chi connectivity index (χ4n) is 4.59. The predicted octanol–water partition coefficient (Wildman–Crippen LogP) is 2.39. The van der Waals surface area contributed by atoms with Crippen LogP contribution in [0.15, 0.2) is 36.9 Å². The maximum atomic E-state index is 13.1. The fraction of sp³-hybridized carbons (Fsp3) is 0.474. The monoisotopic (exact) mass is 355 g/mol. The molecule has 2 aromatic heterocycles. The number of hydrogen-bond donors (Lipinski definition) is 0. The van der Waals surface area contributed by atoms with Crippen molar-refractivity contribution in [2.75, 3.05) is 24.5 Å². The first-order valence-electron chi connectivity index (χ1n) is 9.07. The summed E-state index contributed by atoms with van der Waals surface area (Å²) >= 11 is 0. The predicted molar refractivity (Wildman–Crippen MR) is 95.2 cm³/mol. The first kappa shape index (κ1) is 16.9. The molecule has 1 atom stereocenters. The molecule has 6 nitrogen and oxygen atoms in total. The summed E-state index contributed by atoms with van der Waals surface area (Å²) in [6, 6.07) is 4.00. The van der Waals surface area contributed by atoms with Crippen molar-refractivity contribution in [1.29, 1.82) is 0 Å². The van der Waals surface area contributed by atoms with E-state index in [4.69, 9.17) is 0 Å². The number of likely N-dealkylation sites (N-methyl/N-ethyl adjacent to an activating group) is 1. The Labute approximate surface area is 152 Å². The van der Waals surface area contributed by atoms with Gasteiger partial charge in [-0.2, -0.15) is 0 Å². The number of pyridine rings is 1. The van der Waals surface area contributed by atoms with Gasteiger partial charge in [0.2, 0.25) is 11.9 Å². The van der Waals surface area contributed by atoms with Crippen molar-refractivity contribution in [3.8, 4) is 0 Å². The zero-order chi connectivity index (χ0) is 18.1. The summed E-state index contributed by atoms with van der Waals surface area (Å²) in [5, 5.41) is 0. The average molecular weight is 355 g/mol. The van der Waals surface area contributed by atoms with Crippen LogP contribution < -0.4 is 4.90 Å². The number of carbonyl (C=O) groups excluding carboxylic acids is 1. The van der Waals surface area contributed by atoms with E-state index in [2.05, 4.69) is 25.9 Å². The molecule has 1 amide bonds. The van der Waals surface area contributed by atoms with Crippen LogP contribution >= 0.6 is 0 Å². The van der Waals surface area contributed by atoms with Crippen LogP contribution in [0.3, 0.4) is 0 Å². The van der Waals surface area contributed by atoms with Gasteiger partial charge in [-0.1, -0.05) is 6.07 Å². The second-order valence-electron chi connectivity index (χ2n) is 6.97. The van der Waals surface area contributed by atoms with Gasteiger partial charge in [0.25, 0.3) is 0 Å². The summed E-state index contributed by atoms with van der Waals surface area (Å²) in [4.78, 5) is 29.3. The third-order valence-electron chi connectivity index (χ3n) is 5.79. The second kappa shape index (κ2) is 6.63. The van der Waals surface area contributed by atoms with Crippen LogP contribution in [0, 0.1) is 5.82 Å². The van der Waals surface area contributed by atoms with Gasteiger partial charge in [-0.15, -0.1) is 0 Å². The molecular formula is C19H22FN5O. The molecule has 1 spiro atoms. The molecular weight excluding hydrogens is 333 g/mol. The van der Waals surface area contributed by atoms with Crippen molar-refractivity contribution >= 4 is 11.9 Å². The van der Waals surface area contributed by atoms with Gasteiger partial charge in [-0.05, 0) is 31.4 Å². The van der Waals surface area contributed by atoms with E-state index in [1.165, 1.54) is 12.4 Å². The number of carbonyl (C=O) groups is 1. The molecule has 0 radical (unpaired) electrons. The van der Waals surface area contributed by atoms with Crippen LogP contribution in [0.5, 0.6) is 0 Å². The van der Waals surface area contributed by atoms with Gasteiger partial charge in [-0.25, -0.2) is 14.4 Å². The van der Waals surface area contributed by atoms with Gasteiger partial charge >= 0.3 is 0 Å². The molecule has 0 aliphatic carbocycles. The molecule has 2 aromatic rings. The highest BCUT2D eigenvalue weighted by atomic mass is 19.1. The molecule has 0 aromatic carbocycles. The largest absolute Gasteiger partial charge is 0.341 e. The minimum Gasteiger partial charge on any atom is -0.341 e. The Morgan fingerprint density at radius 1 is 1.23 bits per heavy atom. The van der Waals surface area contributed by atoms with Crippen LogP contribution in [0.1, 0.15) is 37.7 Å². The number of likely N-dealkylation sites (tertiary alicyclic amines) is 1. The Bertz CT molecular complexity index is 774. The lowest BCUT2D eigenvalue weighted by Gasteiger charge is -2.47. The number of aromatic nitrogens is 3. The molecule has 2 aliphatic rings. The van der Waals surface area contributed by atoms with Crippen molar-refractivity contribution in [1.82, 2.24) is 19.9 Å². The van der Waals surface area contributed by atoms with Gasteiger partial charge in [0.15, 0.2) is 5.82 Å². The number of amides is 1. The smallest absolute Gasteiger partial charge is 0.225 e. The van der Waals surface area contributed by atoms with Crippen LogP contribution in [0.25, 0.3) is 0 Å². The zero-order valence-corrected chi connectivity index (χ0v) is 14.8. The van der Waals surface area contributed by atoms with Gasteiger partial charge in [0.05, 0.1) is 17.9 Å². The van der Waals surface area contributed by atoms with Gasteiger partial charge < -0.3 is 9.80 Å². The molecule has 0 saturated carbocycles. The van der Waals surface area contributed by atoms with E-state index in [1.807, 2.05) is 24.1 Å². The number of rotatable bonds is 3. The molecule has 4 heterocycles. The van der Waals surface area contributed by atoms with E-state index in [1.54, 1.807) is 6.20 Å². The first-order chi connectivity index (χ1) is 12.6. The van der Waals surface area contributed by atoms with E-state index < -0.39 is 5.82 Å². The van der Waals surface area contributed by atoms with Gasteiger partial charge in [-0.3, -0.25) is 9.78 Å². The van der Waals surface area contributed by atoms with E-state index in [0.717, 1.165) is 31.5 Å². The van der Waals surface area contributed by atoms with E-state index >= 15 is 0 Å². The van der Waals surface area contributed by atoms with Gasteiger partial charge in [0, 0.05) is 44.4 Å². The first-order valence-corrected chi connectivity index (χ1v) is 9.07. The number of anilines is 1. The highest BCUT2D eigenvalue weighted by Gasteiger charge is 2.53. The standard InChI is InChI=1S/C19H22FN5O/c1-2-25-17(26)10-16(14-4-3-7-21-11-14)19(25)5-8-24(9-6-19)18-22-12-15(20)13-23-18/h3-4,7,11-13,16H,2,5-6,8-10H2,1H3/t16-/m0/s1. The minimum absolute atomic E-state index is 0.153. The average Bonchev–Trinajstić information content (AvgIpc) is 2.95. The Morgan fingerprint density at radius 3 is 2.58 bits per heavy atom. The van der Waals surface area contributed by atoms with Crippen molar-refractivity contribution in [3.05, 3.63) is 48.3 Å². The summed E-state index contributed by atoms with van der Waals surface area (Å²) in [6.45, 7) is 4.24. The highest BCUT2D eigenvalue weighted by molar-refractivity contribution is 5.81. The third-order valence-corrected chi connectivity index (χ3v) is 5.79. The summed E-state index contributed by atoms with van der Waals surface area (Å²) in [6.07, 6.45) is 8.25.